The molecule has 0 aromatic heterocycles. The van der Waals surface area contributed by atoms with Crippen molar-refractivity contribution >= 4 is 28.2 Å². The van der Waals surface area contributed by atoms with Crippen LogP contribution in [0.1, 0.15) is 6.92 Å². The zero-order valence-electron chi connectivity index (χ0n) is 6.48. The highest BCUT2D eigenvalue weighted by atomic mass is 32.2. The summed E-state index contributed by atoms with van der Waals surface area (Å²) in [4.78, 5) is 12.1. The summed E-state index contributed by atoms with van der Waals surface area (Å²) < 4.78 is 0. The van der Waals surface area contributed by atoms with Crippen LogP contribution in [0.15, 0.2) is 27.3 Å². The third-order valence-electron chi connectivity index (χ3n) is 1.08. The van der Waals surface area contributed by atoms with Crippen molar-refractivity contribution < 1.29 is 0 Å². The molecule has 58 valence electrons. The lowest BCUT2D eigenvalue weighted by molar-refractivity contribution is 1.42. The number of allylic oxidation sites excluding steroid dienone is 1. The third-order valence-corrected chi connectivity index (χ3v) is 1.81. The fraction of sp³-hybridized carbons (Fsp3) is 0.286. The van der Waals surface area contributed by atoms with Crippen molar-refractivity contribution in [2.24, 2.45) is 15.0 Å². The van der Waals surface area contributed by atoms with Gasteiger partial charge < -0.3 is 0 Å². The quantitative estimate of drug-likeness (QED) is 0.586. The largest absolute Gasteiger partial charge is 0.268 e. The maximum Gasteiger partial charge on any atom is 0.180 e. The lowest BCUT2D eigenvalue weighted by Crippen LogP contribution is -2.00. The average Bonchev–Trinajstić information content (AvgIpc) is 2.47. The van der Waals surface area contributed by atoms with Crippen LogP contribution in [0.4, 0.5) is 0 Å². The summed E-state index contributed by atoms with van der Waals surface area (Å²) in [5.41, 5.74) is 1.74. The number of thioether (sulfide) groups is 1. The molecule has 1 aliphatic heterocycles. The summed E-state index contributed by atoms with van der Waals surface area (Å²) in [6.07, 6.45) is 3.61. The van der Waals surface area contributed by atoms with Crippen LogP contribution in [0, 0.1) is 0 Å². The van der Waals surface area contributed by atoms with E-state index in [9.17, 15) is 0 Å². The molecule has 4 heteroatoms. The van der Waals surface area contributed by atoms with Gasteiger partial charge in [0.1, 0.15) is 5.04 Å². The van der Waals surface area contributed by atoms with Crippen molar-refractivity contribution in [2.75, 3.05) is 7.05 Å². The number of amidine groups is 1. The van der Waals surface area contributed by atoms with E-state index >= 15 is 0 Å². The molecule has 0 amide bonds. The molecule has 1 aliphatic rings. The molecular formula is C7H9N3S. The molecule has 1 rings (SSSR count). The second-order valence-corrected chi connectivity index (χ2v) is 2.65. The Balaban J connectivity index is 2.76. The first-order chi connectivity index (χ1) is 5.38. The Bertz CT molecular complexity index is 250. The van der Waals surface area contributed by atoms with Crippen molar-refractivity contribution in [3.63, 3.8) is 0 Å². The summed E-state index contributed by atoms with van der Waals surface area (Å²) in [6.45, 7) is 1.92. The Morgan fingerprint density at radius 3 is 3.09 bits per heavy atom. The van der Waals surface area contributed by atoms with E-state index < -0.39 is 0 Å². The van der Waals surface area contributed by atoms with E-state index in [1.165, 1.54) is 11.8 Å². The molecule has 3 nitrogen and oxygen atoms in total. The summed E-state index contributed by atoms with van der Waals surface area (Å²) >= 11 is 1.49. The van der Waals surface area contributed by atoms with Gasteiger partial charge in [-0.15, -0.1) is 0 Å². The van der Waals surface area contributed by atoms with Gasteiger partial charge >= 0.3 is 0 Å². The van der Waals surface area contributed by atoms with Crippen LogP contribution in [0.5, 0.6) is 0 Å². The van der Waals surface area contributed by atoms with Crippen LogP contribution in [-0.4, -0.2) is 23.5 Å². The molecule has 0 aromatic carbocycles. The molecule has 11 heavy (non-hydrogen) atoms. The van der Waals surface area contributed by atoms with Gasteiger partial charge in [0.15, 0.2) is 5.84 Å². The number of rotatable bonds is 1. The maximum absolute atomic E-state index is 4.14. The zero-order valence-corrected chi connectivity index (χ0v) is 7.30. The van der Waals surface area contributed by atoms with Gasteiger partial charge in [0.25, 0.3) is 0 Å². The average molecular weight is 167 g/mol. The Hall–Kier alpha value is -0.900. The van der Waals surface area contributed by atoms with E-state index in [4.69, 9.17) is 0 Å². The molecule has 0 N–H and O–H groups in total. The van der Waals surface area contributed by atoms with Crippen molar-refractivity contribution in [1.82, 2.24) is 0 Å². The predicted octanol–water partition coefficient (Wildman–Crippen LogP) is 1.72. The minimum absolute atomic E-state index is 0.716. The molecule has 0 bridgehead atoms. The first-order valence-corrected chi connectivity index (χ1v) is 4.11. The zero-order chi connectivity index (χ0) is 8.10. The first kappa shape index (κ1) is 8.20. The van der Waals surface area contributed by atoms with E-state index in [-0.39, 0.29) is 0 Å². The van der Waals surface area contributed by atoms with Crippen LogP contribution in [0.2, 0.25) is 0 Å². The standard InChI is InChI=1S/C7H9N3S/c1-3-4-9-7-6(8-2)10-5-11-7/h3-5H,1-2H3/b4-3-,8-6?,9-7?. The molecule has 0 atom stereocenters. The van der Waals surface area contributed by atoms with Gasteiger partial charge in [0.05, 0.1) is 5.55 Å². The van der Waals surface area contributed by atoms with Gasteiger partial charge in [-0.05, 0) is 6.92 Å². The van der Waals surface area contributed by atoms with Crippen LogP contribution in [0.25, 0.3) is 0 Å². The van der Waals surface area contributed by atoms with Gasteiger partial charge in [0, 0.05) is 13.2 Å². The molecule has 0 spiro atoms. The Kier molecular flexibility index (Phi) is 3.04. The maximum atomic E-state index is 4.14. The highest BCUT2D eigenvalue weighted by Gasteiger charge is 2.11. The van der Waals surface area contributed by atoms with Gasteiger partial charge in [-0.2, -0.15) is 0 Å². The van der Waals surface area contributed by atoms with E-state index in [1.807, 2.05) is 13.0 Å². The molecule has 0 saturated heterocycles. The number of aliphatic imine (C=N–C) groups is 3. The van der Waals surface area contributed by atoms with E-state index in [0.29, 0.717) is 5.84 Å². The number of hydrogen-bond acceptors (Lipinski definition) is 3. The molecule has 0 radical (unpaired) electrons. The predicted molar refractivity (Wildman–Crippen MR) is 51.7 cm³/mol. The Morgan fingerprint density at radius 2 is 2.45 bits per heavy atom. The van der Waals surface area contributed by atoms with Crippen molar-refractivity contribution in [3.05, 3.63) is 12.3 Å². The fourth-order valence-corrected chi connectivity index (χ4v) is 1.24. The first-order valence-electron chi connectivity index (χ1n) is 3.23. The van der Waals surface area contributed by atoms with Crippen LogP contribution >= 0.6 is 11.8 Å². The third kappa shape index (κ3) is 2.01. The van der Waals surface area contributed by atoms with E-state index in [2.05, 4.69) is 15.0 Å². The minimum Gasteiger partial charge on any atom is -0.268 e. The smallest absolute Gasteiger partial charge is 0.180 e. The monoisotopic (exact) mass is 167 g/mol. The summed E-state index contributed by atoms with van der Waals surface area (Å²) in [5.74, 6) is 0.716. The summed E-state index contributed by atoms with van der Waals surface area (Å²) in [6, 6.07) is 0. The number of hydrogen-bond donors (Lipinski definition) is 0. The Morgan fingerprint density at radius 1 is 1.64 bits per heavy atom. The van der Waals surface area contributed by atoms with Crippen LogP contribution in [-0.2, 0) is 0 Å². The molecule has 0 aliphatic carbocycles. The van der Waals surface area contributed by atoms with Crippen molar-refractivity contribution in [2.45, 2.75) is 6.92 Å². The lowest BCUT2D eigenvalue weighted by atomic mass is 10.6. The van der Waals surface area contributed by atoms with Crippen molar-refractivity contribution in [1.29, 1.82) is 0 Å². The van der Waals surface area contributed by atoms with Gasteiger partial charge in [-0.25, -0.2) is 9.98 Å². The van der Waals surface area contributed by atoms with Crippen LogP contribution in [0.3, 0.4) is 0 Å². The highest BCUT2D eigenvalue weighted by Crippen LogP contribution is 2.11. The molecule has 0 unspecified atom stereocenters. The SMILES string of the molecule is C/C=C\N=C1SC=NC1=NC. The Labute approximate surface area is 70.0 Å². The molecule has 0 saturated carbocycles. The second-order valence-electron chi connectivity index (χ2n) is 1.82. The van der Waals surface area contributed by atoms with Gasteiger partial charge in [-0.1, -0.05) is 17.8 Å². The second kappa shape index (κ2) is 4.08. The number of nitrogens with zero attached hydrogens (tertiary/aromatic N) is 3. The van der Waals surface area contributed by atoms with E-state index in [0.717, 1.165) is 5.04 Å². The van der Waals surface area contributed by atoms with Crippen molar-refractivity contribution in [3.8, 4) is 0 Å². The molecule has 1 heterocycles. The lowest BCUT2D eigenvalue weighted by Gasteiger charge is -1.89. The van der Waals surface area contributed by atoms with Gasteiger partial charge in [-0.3, -0.25) is 4.99 Å². The molecular weight excluding hydrogens is 158 g/mol. The summed E-state index contributed by atoms with van der Waals surface area (Å²) in [5, 5.41) is 0.866. The molecule has 0 fully saturated rings. The van der Waals surface area contributed by atoms with Gasteiger partial charge in [0.2, 0.25) is 0 Å². The fourth-order valence-electron chi connectivity index (χ4n) is 0.618. The highest BCUT2D eigenvalue weighted by molar-refractivity contribution is 8.27. The van der Waals surface area contributed by atoms with Crippen LogP contribution < -0.4 is 0 Å². The minimum atomic E-state index is 0.716. The van der Waals surface area contributed by atoms with E-state index in [1.54, 1.807) is 18.8 Å². The summed E-state index contributed by atoms with van der Waals surface area (Å²) in [7, 11) is 1.71. The normalized spacial score (nSPS) is 24.5. The topological polar surface area (TPSA) is 37.1 Å². The molecule has 0 aromatic rings.